The van der Waals surface area contributed by atoms with E-state index < -0.39 is 5.91 Å². The maximum absolute atomic E-state index is 11.6. The number of carbonyl (C=O) groups is 1. The number of hydrogen-bond donors (Lipinski definition) is 4. The van der Waals surface area contributed by atoms with Gasteiger partial charge in [0, 0.05) is 17.5 Å². The van der Waals surface area contributed by atoms with Crippen LogP contribution in [0.1, 0.15) is 5.69 Å². The highest BCUT2D eigenvalue weighted by Crippen LogP contribution is 2.20. The summed E-state index contributed by atoms with van der Waals surface area (Å²) in [6.07, 6.45) is 0. The molecule has 0 aliphatic heterocycles. The van der Waals surface area contributed by atoms with Crippen molar-refractivity contribution in [3.05, 3.63) is 28.9 Å². The molecule has 1 amide bonds. The molecule has 0 aliphatic rings. The van der Waals surface area contributed by atoms with Gasteiger partial charge in [0.05, 0.1) is 17.8 Å². The highest BCUT2D eigenvalue weighted by molar-refractivity contribution is 6.37. The van der Waals surface area contributed by atoms with Crippen molar-refractivity contribution in [3.63, 3.8) is 0 Å². The number of nitrogens with one attached hydrogen (secondary N) is 3. The number of fused-ring (bicyclic) bond motifs is 1. The highest BCUT2D eigenvalue weighted by Gasteiger charge is 2.10. The Morgan fingerprint density at radius 2 is 2.37 bits per heavy atom. The van der Waals surface area contributed by atoms with Crippen LogP contribution in [-0.2, 0) is 11.3 Å². The third kappa shape index (κ3) is 2.94. The summed E-state index contributed by atoms with van der Waals surface area (Å²) in [5, 5.41) is 14.7. The number of amides is 1. The van der Waals surface area contributed by atoms with Gasteiger partial charge in [0.25, 0.3) is 5.91 Å². The molecule has 0 atom stereocenters. The van der Waals surface area contributed by atoms with Gasteiger partial charge in [-0.15, -0.1) is 0 Å². The lowest BCUT2D eigenvalue weighted by Crippen LogP contribution is -2.37. The van der Waals surface area contributed by atoms with Crippen molar-refractivity contribution in [1.29, 1.82) is 0 Å². The third-order valence-electron chi connectivity index (χ3n) is 2.49. The minimum atomic E-state index is -0.465. The van der Waals surface area contributed by atoms with E-state index in [9.17, 15) is 4.79 Å². The van der Waals surface area contributed by atoms with Gasteiger partial charge < -0.3 is 16.5 Å². The molecule has 5 N–H and O–H groups in total. The predicted octanol–water partition coefficient (Wildman–Crippen LogP) is 0.324. The summed E-state index contributed by atoms with van der Waals surface area (Å²) < 4.78 is 0. The number of aromatic amines is 1. The summed E-state index contributed by atoms with van der Waals surface area (Å²) in [5.74, 6) is -0.604. The number of aromatic nitrogens is 2. The second-order valence-corrected chi connectivity index (χ2v) is 4.20. The normalized spacial score (nSPS) is 11.6. The minimum absolute atomic E-state index is 0.139. The van der Waals surface area contributed by atoms with Crippen LogP contribution in [-0.4, -0.2) is 29.0 Å². The van der Waals surface area contributed by atoms with Gasteiger partial charge in [0.1, 0.15) is 0 Å². The molecule has 0 bridgehead atoms. The number of hydrogen-bond acceptors (Lipinski definition) is 4. The Hall–Kier alpha value is -2.28. The van der Waals surface area contributed by atoms with E-state index in [0.29, 0.717) is 10.7 Å². The fourth-order valence-electron chi connectivity index (χ4n) is 1.60. The number of amidine groups is 1. The van der Waals surface area contributed by atoms with Crippen LogP contribution >= 0.6 is 11.6 Å². The van der Waals surface area contributed by atoms with Gasteiger partial charge in [-0.1, -0.05) is 11.6 Å². The van der Waals surface area contributed by atoms with E-state index in [2.05, 4.69) is 26.0 Å². The SMILES string of the molecule is CN/N=C(\N)C(=O)NCc1n[nH]c2ccc(Cl)cc12. The van der Waals surface area contributed by atoms with Crippen LogP contribution in [0.3, 0.4) is 0 Å². The number of benzene rings is 1. The van der Waals surface area contributed by atoms with Gasteiger partial charge in [0.15, 0.2) is 0 Å². The number of nitrogens with zero attached hydrogens (tertiary/aromatic N) is 2. The average Bonchev–Trinajstić information content (AvgIpc) is 2.78. The quantitative estimate of drug-likeness (QED) is 0.369. The van der Waals surface area contributed by atoms with Crippen LogP contribution in [0.4, 0.5) is 0 Å². The van der Waals surface area contributed by atoms with E-state index in [1.165, 1.54) is 0 Å². The molecule has 0 saturated heterocycles. The molecule has 100 valence electrons. The van der Waals surface area contributed by atoms with Crippen molar-refractivity contribution < 1.29 is 4.79 Å². The summed E-state index contributed by atoms with van der Waals surface area (Å²) >= 11 is 5.93. The largest absolute Gasteiger partial charge is 0.378 e. The van der Waals surface area contributed by atoms with E-state index in [1.807, 2.05) is 6.07 Å². The van der Waals surface area contributed by atoms with Crippen molar-refractivity contribution >= 4 is 34.2 Å². The maximum atomic E-state index is 11.6. The highest BCUT2D eigenvalue weighted by atomic mass is 35.5. The predicted molar refractivity (Wildman–Crippen MR) is 73.6 cm³/mol. The number of hydrazone groups is 1. The first-order chi connectivity index (χ1) is 9.11. The van der Waals surface area contributed by atoms with Gasteiger partial charge in [-0.3, -0.25) is 9.89 Å². The average molecular weight is 281 g/mol. The number of carbonyl (C=O) groups excluding carboxylic acids is 1. The van der Waals surface area contributed by atoms with Crippen LogP contribution in [0.2, 0.25) is 5.02 Å². The maximum Gasteiger partial charge on any atom is 0.288 e. The Bertz CT molecular complexity index is 635. The summed E-state index contributed by atoms with van der Waals surface area (Å²) in [6, 6.07) is 5.38. The lowest BCUT2D eigenvalue weighted by Gasteiger charge is -2.02. The molecule has 8 heteroatoms. The van der Waals surface area contributed by atoms with Crippen molar-refractivity contribution in [2.24, 2.45) is 10.8 Å². The smallest absolute Gasteiger partial charge is 0.288 e. The standard InChI is InChI=1S/C11H13ClN6O/c1-14-18-10(13)11(19)15-5-9-7-4-6(12)2-3-8(7)16-17-9/h2-4,14H,5H2,1H3,(H2,13,18)(H,15,19)(H,16,17). The third-order valence-corrected chi connectivity index (χ3v) is 2.72. The number of rotatable bonds is 3. The Morgan fingerprint density at radius 3 is 3.11 bits per heavy atom. The Balaban J connectivity index is 2.12. The topological polar surface area (TPSA) is 108 Å². The molecular weight excluding hydrogens is 268 g/mol. The molecule has 0 fully saturated rings. The molecule has 7 nitrogen and oxygen atoms in total. The van der Waals surface area contributed by atoms with Gasteiger partial charge in [-0.05, 0) is 18.2 Å². The van der Waals surface area contributed by atoms with Crippen LogP contribution in [0.5, 0.6) is 0 Å². The fourth-order valence-corrected chi connectivity index (χ4v) is 1.77. The van der Waals surface area contributed by atoms with Crippen LogP contribution < -0.4 is 16.5 Å². The first-order valence-electron chi connectivity index (χ1n) is 5.52. The number of nitrogens with two attached hydrogens (primary N) is 1. The van der Waals surface area contributed by atoms with E-state index >= 15 is 0 Å². The Morgan fingerprint density at radius 1 is 1.58 bits per heavy atom. The van der Waals surface area contributed by atoms with Gasteiger partial charge >= 0.3 is 0 Å². The molecule has 2 aromatic rings. The van der Waals surface area contributed by atoms with Crippen molar-refractivity contribution in [2.75, 3.05) is 7.05 Å². The molecule has 1 heterocycles. The second kappa shape index (κ2) is 5.57. The first kappa shape index (κ1) is 13.2. The monoisotopic (exact) mass is 280 g/mol. The molecule has 0 unspecified atom stereocenters. The summed E-state index contributed by atoms with van der Waals surface area (Å²) in [5.41, 5.74) is 9.41. The van der Waals surface area contributed by atoms with E-state index in [4.69, 9.17) is 17.3 Å². The van der Waals surface area contributed by atoms with E-state index in [1.54, 1.807) is 19.2 Å². The Labute approximate surface area is 114 Å². The molecule has 0 aliphatic carbocycles. The van der Waals surface area contributed by atoms with Gasteiger partial charge in [0.2, 0.25) is 5.84 Å². The van der Waals surface area contributed by atoms with E-state index in [0.717, 1.165) is 10.9 Å². The van der Waals surface area contributed by atoms with E-state index in [-0.39, 0.29) is 12.4 Å². The molecule has 1 aromatic carbocycles. The summed E-state index contributed by atoms with van der Waals surface area (Å²) in [6.45, 7) is 0.235. The fraction of sp³-hybridized carbons (Fsp3) is 0.182. The van der Waals surface area contributed by atoms with Crippen LogP contribution in [0.15, 0.2) is 23.3 Å². The number of H-pyrrole nitrogens is 1. The zero-order valence-corrected chi connectivity index (χ0v) is 11.0. The lowest BCUT2D eigenvalue weighted by molar-refractivity contribution is -0.115. The molecule has 1 aromatic heterocycles. The molecule has 0 radical (unpaired) electrons. The zero-order chi connectivity index (χ0) is 13.8. The zero-order valence-electron chi connectivity index (χ0n) is 10.2. The van der Waals surface area contributed by atoms with Gasteiger partial charge in [-0.2, -0.15) is 10.2 Å². The molecular formula is C11H13ClN6O. The lowest BCUT2D eigenvalue weighted by atomic mass is 10.2. The minimum Gasteiger partial charge on any atom is -0.378 e. The van der Waals surface area contributed by atoms with Crippen LogP contribution in [0, 0.1) is 0 Å². The van der Waals surface area contributed by atoms with Gasteiger partial charge in [-0.25, -0.2) is 0 Å². The first-order valence-corrected chi connectivity index (χ1v) is 5.90. The van der Waals surface area contributed by atoms with Crippen LogP contribution in [0.25, 0.3) is 10.9 Å². The second-order valence-electron chi connectivity index (χ2n) is 3.76. The molecule has 0 spiro atoms. The van der Waals surface area contributed by atoms with Crippen molar-refractivity contribution in [3.8, 4) is 0 Å². The van der Waals surface area contributed by atoms with Crippen molar-refractivity contribution in [1.82, 2.24) is 20.9 Å². The summed E-state index contributed by atoms with van der Waals surface area (Å²) in [7, 11) is 1.56. The molecule has 19 heavy (non-hydrogen) atoms. The number of halogens is 1. The Kier molecular flexibility index (Phi) is 3.86. The molecule has 0 saturated carbocycles. The molecule has 2 rings (SSSR count). The summed E-state index contributed by atoms with van der Waals surface area (Å²) in [4.78, 5) is 11.6. The van der Waals surface area contributed by atoms with Crippen molar-refractivity contribution in [2.45, 2.75) is 6.54 Å².